The molecule has 4 nitrogen and oxygen atoms in total. The molecule has 0 N–H and O–H groups in total. The zero-order valence-corrected chi connectivity index (χ0v) is 15.2. The Labute approximate surface area is 155 Å². The van der Waals surface area contributed by atoms with E-state index in [1.54, 1.807) is 6.07 Å². The van der Waals surface area contributed by atoms with E-state index in [9.17, 15) is 18.0 Å². The number of carbonyl (C=O) groups is 1. The summed E-state index contributed by atoms with van der Waals surface area (Å²) in [5.74, 6) is -0.312. The number of hydrogen-bond acceptors (Lipinski definition) is 3. The molecule has 1 aromatic heterocycles. The molecule has 1 amide bonds. The van der Waals surface area contributed by atoms with E-state index < -0.39 is 11.7 Å². The second-order valence-electron chi connectivity index (χ2n) is 6.10. The average Bonchev–Trinajstić information content (AvgIpc) is 2.57. The van der Waals surface area contributed by atoms with E-state index in [-0.39, 0.29) is 17.6 Å². The van der Waals surface area contributed by atoms with Crippen molar-refractivity contribution in [3.05, 3.63) is 64.4 Å². The third-order valence-corrected chi connectivity index (χ3v) is 3.91. The van der Waals surface area contributed by atoms with E-state index in [1.165, 1.54) is 29.3 Å². The van der Waals surface area contributed by atoms with Crippen LogP contribution in [0.2, 0.25) is 5.15 Å². The molecule has 140 valence electrons. The number of amides is 1. The number of pyridine rings is 1. The summed E-state index contributed by atoms with van der Waals surface area (Å²) in [7, 11) is 3.71. The van der Waals surface area contributed by atoms with Crippen LogP contribution in [0.15, 0.2) is 42.6 Å². The Morgan fingerprint density at radius 1 is 1.15 bits per heavy atom. The Balaban J connectivity index is 2.26. The van der Waals surface area contributed by atoms with Crippen LogP contribution < -0.4 is 0 Å². The van der Waals surface area contributed by atoms with E-state index in [4.69, 9.17) is 11.6 Å². The lowest BCUT2D eigenvalue weighted by molar-refractivity contribution is -0.137. The Bertz CT molecular complexity index is 765. The van der Waals surface area contributed by atoms with Crippen LogP contribution in [0.4, 0.5) is 13.2 Å². The molecule has 0 aliphatic carbocycles. The summed E-state index contributed by atoms with van der Waals surface area (Å²) < 4.78 is 38.8. The maximum Gasteiger partial charge on any atom is 0.416 e. The van der Waals surface area contributed by atoms with Crippen molar-refractivity contribution in [2.45, 2.75) is 12.7 Å². The third kappa shape index (κ3) is 5.71. The van der Waals surface area contributed by atoms with Gasteiger partial charge in [-0.1, -0.05) is 23.7 Å². The van der Waals surface area contributed by atoms with Crippen molar-refractivity contribution in [1.82, 2.24) is 14.8 Å². The SMILES string of the molecule is CN(C)CCN(Cc1cccc(C(F)(F)F)c1)C(=O)c1ccnc(Cl)c1. The Morgan fingerprint density at radius 3 is 2.50 bits per heavy atom. The summed E-state index contributed by atoms with van der Waals surface area (Å²) in [6.45, 7) is 1.00. The third-order valence-electron chi connectivity index (χ3n) is 3.71. The van der Waals surface area contributed by atoms with Crippen LogP contribution in [0.3, 0.4) is 0 Å². The number of alkyl halides is 3. The van der Waals surface area contributed by atoms with Crippen LogP contribution >= 0.6 is 11.6 Å². The molecule has 0 fully saturated rings. The second-order valence-corrected chi connectivity index (χ2v) is 6.48. The highest BCUT2D eigenvalue weighted by Crippen LogP contribution is 2.29. The molecule has 8 heteroatoms. The van der Waals surface area contributed by atoms with E-state index in [1.807, 2.05) is 19.0 Å². The molecule has 2 rings (SSSR count). The van der Waals surface area contributed by atoms with Gasteiger partial charge in [0.05, 0.1) is 5.56 Å². The normalized spacial score (nSPS) is 11.7. The largest absolute Gasteiger partial charge is 0.416 e. The summed E-state index contributed by atoms with van der Waals surface area (Å²) in [5, 5.41) is 0.183. The lowest BCUT2D eigenvalue weighted by atomic mass is 10.1. The van der Waals surface area contributed by atoms with Crippen molar-refractivity contribution >= 4 is 17.5 Å². The highest BCUT2D eigenvalue weighted by atomic mass is 35.5. The van der Waals surface area contributed by atoms with Crippen LogP contribution in [0.25, 0.3) is 0 Å². The molecule has 1 aromatic carbocycles. The molecule has 0 bridgehead atoms. The molecule has 0 aliphatic rings. The molecular weight excluding hydrogens is 367 g/mol. The molecule has 1 heterocycles. The van der Waals surface area contributed by atoms with Crippen LogP contribution in [0.1, 0.15) is 21.5 Å². The number of likely N-dealkylation sites (N-methyl/N-ethyl adjacent to an activating group) is 1. The minimum atomic E-state index is -4.42. The number of aromatic nitrogens is 1. The summed E-state index contributed by atoms with van der Waals surface area (Å²) in [4.78, 5) is 20.0. The lowest BCUT2D eigenvalue weighted by Crippen LogP contribution is -2.36. The zero-order valence-electron chi connectivity index (χ0n) is 14.4. The molecular formula is C18H19ClF3N3O. The van der Waals surface area contributed by atoms with Gasteiger partial charge in [0.15, 0.2) is 0 Å². The predicted octanol–water partition coefficient (Wildman–Crippen LogP) is 3.96. The van der Waals surface area contributed by atoms with Gasteiger partial charge in [-0.3, -0.25) is 4.79 Å². The molecule has 26 heavy (non-hydrogen) atoms. The second kappa shape index (κ2) is 8.51. The van der Waals surface area contributed by atoms with E-state index >= 15 is 0 Å². The summed E-state index contributed by atoms with van der Waals surface area (Å²) in [6.07, 6.45) is -3.00. The van der Waals surface area contributed by atoms with Gasteiger partial charge in [-0.25, -0.2) is 4.98 Å². The van der Waals surface area contributed by atoms with Gasteiger partial charge < -0.3 is 9.80 Å². The van der Waals surface area contributed by atoms with Crippen molar-refractivity contribution in [1.29, 1.82) is 0 Å². The van der Waals surface area contributed by atoms with Crippen molar-refractivity contribution in [3.63, 3.8) is 0 Å². The number of hydrogen-bond donors (Lipinski definition) is 0. The van der Waals surface area contributed by atoms with Gasteiger partial charge in [0.25, 0.3) is 5.91 Å². The molecule has 0 radical (unpaired) electrons. The summed E-state index contributed by atoms with van der Waals surface area (Å²) in [5.41, 5.74) is 0.0183. The van der Waals surface area contributed by atoms with Crippen molar-refractivity contribution in [2.24, 2.45) is 0 Å². The lowest BCUT2D eigenvalue weighted by Gasteiger charge is -2.25. The topological polar surface area (TPSA) is 36.4 Å². The minimum Gasteiger partial charge on any atom is -0.333 e. The minimum absolute atomic E-state index is 0.0660. The van der Waals surface area contributed by atoms with Crippen LogP contribution in [-0.4, -0.2) is 47.9 Å². The first-order chi connectivity index (χ1) is 12.2. The smallest absolute Gasteiger partial charge is 0.333 e. The molecule has 0 atom stereocenters. The van der Waals surface area contributed by atoms with Crippen LogP contribution in [0, 0.1) is 0 Å². The van der Waals surface area contributed by atoms with Gasteiger partial charge in [-0.05, 0) is 43.9 Å². The number of carbonyl (C=O) groups excluding carboxylic acids is 1. The molecule has 0 unspecified atom stereocenters. The summed E-state index contributed by atoms with van der Waals surface area (Å²) in [6, 6.07) is 7.97. The van der Waals surface area contributed by atoms with Crippen molar-refractivity contribution < 1.29 is 18.0 Å². The van der Waals surface area contributed by atoms with Crippen molar-refractivity contribution in [2.75, 3.05) is 27.2 Å². The fourth-order valence-electron chi connectivity index (χ4n) is 2.36. The fraction of sp³-hybridized carbons (Fsp3) is 0.333. The molecule has 0 aliphatic heterocycles. The van der Waals surface area contributed by atoms with E-state index in [0.29, 0.717) is 24.2 Å². The first-order valence-corrected chi connectivity index (χ1v) is 8.26. The maximum atomic E-state index is 12.9. The number of rotatable bonds is 6. The molecule has 0 saturated carbocycles. The Kier molecular flexibility index (Phi) is 6.61. The Hall–Kier alpha value is -2.12. The van der Waals surface area contributed by atoms with Gasteiger partial charge >= 0.3 is 6.18 Å². The first-order valence-electron chi connectivity index (χ1n) is 7.88. The number of nitrogens with zero attached hydrogens (tertiary/aromatic N) is 3. The highest BCUT2D eigenvalue weighted by Gasteiger charge is 2.30. The predicted molar refractivity (Wildman–Crippen MR) is 94.0 cm³/mol. The van der Waals surface area contributed by atoms with Gasteiger partial charge in [0.2, 0.25) is 0 Å². The molecule has 0 saturated heterocycles. The fourth-order valence-corrected chi connectivity index (χ4v) is 2.53. The Morgan fingerprint density at radius 2 is 1.88 bits per heavy atom. The van der Waals surface area contributed by atoms with Gasteiger partial charge in [0.1, 0.15) is 5.15 Å². The van der Waals surface area contributed by atoms with Gasteiger partial charge in [-0.15, -0.1) is 0 Å². The summed E-state index contributed by atoms with van der Waals surface area (Å²) >= 11 is 5.84. The van der Waals surface area contributed by atoms with E-state index in [0.717, 1.165) is 12.1 Å². The standard InChI is InChI=1S/C18H19ClF3N3O/c1-24(2)8-9-25(17(26)14-6-7-23-16(19)11-14)12-13-4-3-5-15(10-13)18(20,21)22/h3-7,10-11H,8-9,12H2,1-2H3. The first kappa shape index (κ1) is 20.2. The zero-order chi connectivity index (χ0) is 19.3. The molecule has 0 spiro atoms. The van der Waals surface area contributed by atoms with Crippen LogP contribution in [0.5, 0.6) is 0 Å². The molecule has 2 aromatic rings. The highest BCUT2D eigenvalue weighted by molar-refractivity contribution is 6.29. The van der Waals surface area contributed by atoms with Crippen LogP contribution in [-0.2, 0) is 12.7 Å². The number of benzene rings is 1. The average molecular weight is 386 g/mol. The maximum absolute atomic E-state index is 12.9. The van der Waals surface area contributed by atoms with Gasteiger partial charge in [-0.2, -0.15) is 13.2 Å². The van der Waals surface area contributed by atoms with Gasteiger partial charge in [0, 0.05) is 31.4 Å². The monoisotopic (exact) mass is 385 g/mol. The number of halogens is 4. The van der Waals surface area contributed by atoms with E-state index in [2.05, 4.69) is 4.98 Å². The van der Waals surface area contributed by atoms with Crippen molar-refractivity contribution in [3.8, 4) is 0 Å². The quantitative estimate of drug-likeness (QED) is 0.706.